The van der Waals surface area contributed by atoms with Gasteiger partial charge in [-0.15, -0.1) is 6.58 Å². The van der Waals surface area contributed by atoms with Crippen molar-refractivity contribution in [2.24, 2.45) is 0 Å². The van der Waals surface area contributed by atoms with Gasteiger partial charge in [0.25, 0.3) is 0 Å². The molecule has 1 amide bonds. The number of hydrogen-bond donors (Lipinski definition) is 1. The van der Waals surface area contributed by atoms with Crippen LogP contribution in [0, 0.1) is 11.6 Å². The second-order valence-corrected chi connectivity index (χ2v) is 5.23. The first-order chi connectivity index (χ1) is 10.1. The van der Waals surface area contributed by atoms with Crippen LogP contribution in [0.25, 0.3) is 0 Å². The SMILES string of the molecule is C=CCNCCC1CCC(=O)N1Cc1cc(F)ccc1F. The van der Waals surface area contributed by atoms with Crippen LogP contribution in [0.1, 0.15) is 24.8 Å². The molecule has 1 aliphatic heterocycles. The lowest BCUT2D eigenvalue weighted by Crippen LogP contribution is -2.35. The molecular formula is C16H20F2N2O. The van der Waals surface area contributed by atoms with Crippen LogP contribution in [0.2, 0.25) is 0 Å². The van der Waals surface area contributed by atoms with E-state index in [2.05, 4.69) is 11.9 Å². The second-order valence-electron chi connectivity index (χ2n) is 5.23. The fourth-order valence-corrected chi connectivity index (χ4v) is 2.63. The Morgan fingerprint density at radius 3 is 3.00 bits per heavy atom. The average molecular weight is 294 g/mol. The number of amides is 1. The molecule has 0 saturated carbocycles. The first kappa shape index (κ1) is 15.6. The first-order valence-electron chi connectivity index (χ1n) is 7.17. The van der Waals surface area contributed by atoms with Crippen LogP contribution in [0.15, 0.2) is 30.9 Å². The predicted molar refractivity (Wildman–Crippen MR) is 77.6 cm³/mol. The molecular weight excluding hydrogens is 274 g/mol. The first-order valence-corrected chi connectivity index (χ1v) is 7.17. The zero-order chi connectivity index (χ0) is 15.2. The average Bonchev–Trinajstić information content (AvgIpc) is 2.80. The van der Waals surface area contributed by atoms with E-state index in [1.165, 1.54) is 0 Å². The summed E-state index contributed by atoms with van der Waals surface area (Å²) in [5.41, 5.74) is 0.231. The molecule has 2 rings (SSSR count). The molecule has 1 aliphatic rings. The van der Waals surface area contributed by atoms with E-state index in [1.807, 2.05) is 0 Å². The van der Waals surface area contributed by atoms with E-state index in [-0.39, 0.29) is 24.1 Å². The van der Waals surface area contributed by atoms with Crippen molar-refractivity contribution in [3.63, 3.8) is 0 Å². The van der Waals surface area contributed by atoms with E-state index >= 15 is 0 Å². The maximum absolute atomic E-state index is 13.7. The summed E-state index contributed by atoms with van der Waals surface area (Å²) in [4.78, 5) is 13.6. The number of likely N-dealkylation sites (tertiary alicyclic amines) is 1. The molecule has 0 radical (unpaired) electrons. The third-order valence-corrected chi connectivity index (χ3v) is 3.74. The summed E-state index contributed by atoms with van der Waals surface area (Å²) in [6, 6.07) is 3.43. The van der Waals surface area contributed by atoms with Crippen molar-refractivity contribution in [3.05, 3.63) is 48.1 Å². The summed E-state index contributed by atoms with van der Waals surface area (Å²) in [5, 5.41) is 3.19. The standard InChI is InChI=1S/C16H20F2N2O/c1-2-8-19-9-7-14-4-6-16(21)20(14)11-12-10-13(17)3-5-15(12)18/h2-3,5,10,14,19H,1,4,6-9,11H2. The monoisotopic (exact) mass is 294 g/mol. The lowest BCUT2D eigenvalue weighted by atomic mass is 10.1. The molecule has 1 atom stereocenters. The zero-order valence-corrected chi connectivity index (χ0v) is 11.9. The Kier molecular flexibility index (Phi) is 5.44. The summed E-state index contributed by atoms with van der Waals surface area (Å²) in [5.74, 6) is -0.950. The minimum atomic E-state index is -0.484. The smallest absolute Gasteiger partial charge is 0.223 e. The number of nitrogens with zero attached hydrogens (tertiary/aromatic N) is 1. The normalized spacial score (nSPS) is 18.3. The van der Waals surface area contributed by atoms with Gasteiger partial charge in [-0.2, -0.15) is 0 Å². The molecule has 0 aliphatic carbocycles. The molecule has 0 bridgehead atoms. The number of carbonyl (C=O) groups excluding carboxylic acids is 1. The Bertz CT molecular complexity index is 519. The Labute approximate surface area is 123 Å². The van der Waals surface area contributed by atoms with Gasteiger partial charge in [-0.1, -0.05) is 6.08 Å². The largest absolute Gasteiger partial charge is 0.335 e. The van der Waals surface area contributed by atoms with Gasteiger partial charge in [0.05, 0.1) is 0 Å². The summed E-state index contributed by atoms with van der Waals surface area (Å²) >= 11 is 0. The number of carbonyl (C=O) groups is 1. The molecule has 1 aromatic carbocycles. The summed E-state index contributed by atoms with van der Waals surface area (Å²) in [7, 11) is 0. The van der Waals surface area contributed by atoms with Gasteiger partial charge in [0, 0.05) is 31.1 Å². The van der Waals surface area contributed by atoms with Crippen LogP contribution in [0.3, 0.4) is 0 Å². The van der Waals surface area contributed by atoms with Gasteiger partial charge in [0.1, 0.15) is 11.6 Å². The van der Waals surface area contributed by atoms with Crippen molar-refractivity contribution >= 4 is 5.91 Å². The summed E-state index contributed by atoms with van der Waals surface area (Å²) in [6.07, 6.45) is 3.82. The summed E-state index contributed by atoms with van der Waals surface area (Å²) < 4.78 is 26.9. The van der Waals surface area contributed by atoms with Gasteiger partial charge in [-0.05, 0) is 37.6 Å². The van der Waals surface area contributed by atoms with Crippen LogP contribution >= 0.6 is 0 Å². The van der Waals surface area contributed by atoms with Gasteiger partial charge in [-0.25, -0.2) is 8.78 Å². The molecule has 114 valence electrons. The van der Waals surface area contributed by atoms with Crippen molar-refractivity contribution in [3.8, 4) is 0 Å². The van der Waals surface area contributed by atoms with Gasteiger partial charge in [0.15, 0.2) is 0 Å². The molecule has 21 heavy (non-hydrogen) atoms. The maximum Gasteiger partial charge on any atom is 0.223 e. The molecule has 1 fully saturated rings. The van der Waals surface area contributed by atoms with E-state index in [1.54, 1.807) is 11.0 Å². The zero-order valence-electron chi connectivity index (χ0n) is 11.9. The van der Waals surface area contributed by atoms with Crippen LogP contribution < -0.4 is 5.32 Å². The number of halogens is 2. The molecule has 1 saturated heterocycles. The molecule has 3 nitrogen and oxygen atoms in total. The minimum absolute atomic E-state index is 0.00684. The lowest BCUT2D eigenvalue weighted by Gasteiger charge is -2.25. The third-order valence-electron chi connectivity index (χ3n) is 3.74. The molecule has 1 unspecified atom stereocenters. The quantitative estimate of drug-likeness (QED) is 0.619. The topological polar surface area (TPSA) is 32.3 Å². The molecule has 0 spiro atoms. The summed E-state index contributed by atoms with van der Waals surface area (Å²) in [6.45, 7) is 5.25. The lowest BCUT2D eigenvalue weighted by molar-refractivity contribution is -0.129. The molecule has 1 aromatic rings. The highest BCUT2D eigenvalue weighted by molar-refractivity contribution is 5.78. The highest BCUT2D eigenvalue weighted by Crippen LogP contribution is 2.24. The van der Waals surface area contributed by atoms with Crippen LogP contribution in [0.4, 0.5) is 8.78 Å². The third kappa shape index (κ3) is 4.11. The second kappa shape index (κ2) is 7.31. The van der Waals surface area contributed by atoms with Gasteiger partial charge >= 0.3 is 0 Å². The van der Waals surface area contributed by atoms with Gasteiger partial charge in [0.2, 0.25) is 5.91 Å². The molecule has 1 heterocycles. The molecule has 0 aromatic heterocycles. The number of rotatable bonds is 7. The van der Waals surface area contributed by atoms with Crippen LogP contribution in [0.5, 0.6) is 0 Å². The van der Waals surface area contributed by atoms with Crippen molar-refractivity contribution in [1.29, 1.82) is 0 Å². The fourth-order valence-electron chi connectivity index (χ4n) is 2.63. The number of nitrogens with one attached hydrogen (secondary N) is 1. The van der Waals surface area contributed by atoms with Crippen molar-refractivity contribution < 1.29 is 13.6 Å². The van der Waals surface area contributed by atoms with Gasteiger partial charge in [-0.3, -0.25) is 4.79 Å². The van der Waals surface area contributed by atoms with E-state index in [0.29, 0.717) is 6.42 Å². The highest BCUT2D eigenvalue weighted by Gasteiger charge is 2.30. The highest BCUT2D eigenvalue weighted by atomic mass is 19.1. The maximum atomic E-state index is 13.7. The Hall–Kier alpha value is -1.75. The van der Waals surface area contributed by atoms with Gasteiger partial charge < -0.3 is 10.2 Å². The predicted octanol–water partition coefficient (Wildman–Crippen LogP) is 2.62. The van der Waals surface area contributed by atoms with Crippen LogP contribution in [-0.2, 0) is 11.3 Å². The Morgan fingerprint density at radius 1 is 1.43 bits per heavy atom. The van der Waals surface area contributed by atoms with E-state index in [9.17, 15) is 13.6 Å². The van der Waals surface area contributed by atoms with E-state index in [4.69, 9.17) is 0 Å². The minimum Gasteiger partial charge on any atom is -0.335 e. The fraction of sp³-hybridized carbons (Fsp3) is 0.438. The molecule has 1 N–H and O–H groups in total. The van der Waals surface area contributed by atoms with Crippen molar-refractivity contribution in [2.45, 2.75) is 31.8 Å². The van der Waals surface area contributed by atoms with Crippen molar-refractivity contribution in [1.82, 2.24) is 10.2 Å². The number of hydrogen-bond acceptors (Lipinski definition) is 2. The molecule has 5 heteroatoms. The number of benzene rings is 1. The van der Waals surface area contributed by atoms with E-state index < -0.39 is 11.6 Å². The van der Waals surface area contributed by atoms with Crippen molar-refractivity contribution in [2.75, 3.05) is 13.1 Å². The van der Waals surface area contributed by atoms with Crippen LogP contribution in [-0.4, -0.2) is 29.9 Å². The Balaban J connectivity index is 1.99. The Morgan fingerprint density at radius 2 is 2.24 bits per heavy atom. The van der Waals surface area contributed by atoms with E-state index in [0.717, 1.165) is 44.1 Å².